The van der Waals surface area contributed by atoms with Gasteiger partial charge in [-0.3, -0.25) is 0 Å². The fraction of sp³-hybridized carbons (Fsp3) is 0.700. The minimum absolute atomic E-state index is 0.0794. The largest absolute Gasteiger partial charge is 0.393 e. The lowest BCUT2D eigenvalue weighted by Gasteiger charge is -2.11. The van der Waals surface area contributed by atoms with Gasteiger partial charge in [0.25, 0.3) is 0 Å². The van der Waals surface area contributed by atoms with Crippen molar-refractivity contribution >= 4 is 11.3 Å². The van der Waals surface area contributed by atoms with Gasteiger partial charge in [0.05, 0.1) is 11.1 Å². The molecule has 72 valence electrons. The Bertz CT molecular complexity index is 284. The Labute approximate surface area is 82.6 Å². The molecule has 1 heterocycles. The number of nitrogens with zero attached hydrogens (tertiary/aromatic N) is 1. The van der Waals surface area contributed by atoms with E-state index in [9.17, 15) is 5.11 Å². The summed E-state index contributed by atoms with van der Waals surface area (Å²) in [5.41, 5.74) is 0. The number of thiazole rings is 1. The van der Waals surface area contributed by atoms with E-state index in [2.05, 4.69) is 11.9 Å². The fourth-order valence-electron chi connectivity index (χ4n) is 1.98. The molecule has 1 saturated carbocycles. The second kappa shape index (κ2) is 3.76. The molecule has 0 unspecified atom stereocenters. The molecular weight excluding hydrogens is 182 g/mol. The van der Waals surface area contributed by atoms with Gasteiger partial charge in [-0.25, -0.2) is 4.98 Å². The van der Waals surface area contributed by atoms with Gasteiger partial charge < -0.3 is 5.11 Å². The summed E-state index contributed by atoms with van der Waals surface area (Å²) in [6.07, 6.45) is 6.13. The van der Waals surface area contributed by atoms with Crippen LogP contribution in [0.3, 0.4) is 0 Å². The molecule has 2 atom stereocenters. The molecular formula is C10H15NOS. The molecule has 0 saturated heterocycles. The Morgan fingerprint density at radius 3 is 3.00 bits per heavy atom. The summed E-state index contributed by atoms with van der Waals surface area (Å²) in [6, 6.07) is 0. The first-order valence-electron chi connectivity index (χ1n) is 4.85. The van der Waals surface area contributed by atoms with Gasteiger partial charge in [0.1, 0.15) is 0 Å². The Kier molecular flexibility index (Phi) is 2.65. The Hall–Kier alpha value is -0.410. The van der Waals surface area contributed by atoms with Gasteiger partial charge >= 0.3 is 0 Å². The molecule has 2 nitrogen and oxygen atoms in total. The van der Waals surface area contributed by atoms with E-state index in [-0.39, 0.29) is 6.10 Å². The van der Waals surface area contributed by atoms with Crippen LogP contribution in [-0.4, -0.2) is 16.2 Å². The average Bonchev–Trinajstić information content (AvgIpc) is 2.64. The highest BCUT2D eigenvalue weighted by atomic mass is 32.1. The van der Waals surface area contributed by atoms with E-state index in [4.69, 9.17) is 0 Å². The van der Waals surface area contributed by atoms with E-state index in [0.717, 1.165) is 12.8 Å². The monoisotopic (exact) mass is 197 g/mol. The maximum absolute atomic E-state index is 9.63. The summed E-state index contributed by atoms with van der Waals surface area (Å²) in [6.45, 7) is 2.08. The number of rotatable bonds is 2. The molecule has 1 aromatic heterocycles. The van der Waals surface area contributed by atoms with Gasteiger partial charge in [-0.1, -0.05) is 6.42 Å². The second-order valence-corrected chi connectivity index (χ2v) is 5.15. The Balaban J connectivity index is 1.97. The van der Waals surface area contributed by atoms with Gasteiger partial charge in [0, 0.05) is 17.5 Å². The first-order valence-corrected chi connectivity index (χ1v) is 5.67. The van der Waals surface area contributed by atoms with Gasteiger partial charge in [0.15, 0.2) is 0 Å². The van der Waals surface area contributed by atoms with Gasteiger partial charge in [-0.2, -0.15) is 0 Å². The third-order valence-corrected chi connectivity index (χ3v) is 3.66. The van der Waals surface area contributed by atoms with Crippen LogP contribution in [0.25, 0.3) is 0 Å². The van der Waals surface area contributed by atoms with Crippen LogP contribution in [0.4, 0.5) is 0 Å². The lowest BCUT2D eigenvalue weighted by Crippen LogP contribution is -2.15. The first kappa shape index (κ1) is 9.16. The standard InChI is InChI=1S/C10H15NOS/c1-7-6-11-10(13-7)5-8-3-2-4-9(8)12/h6,8-9,12H,2-5H2,1H3/t8-,9+/m0/s1. The van der Waals surface area contributed by atoms with E-state index in [0.29, 0.717) is 5.92 Å². The number of aryl methyl sites for hydroxylation is 1. The molecule has 13 heavy (non-hydrogen) atoms. The topological polar surface area (TPSA) is 33.1 Å². The van der Waals surface area contributed by atoms with Crippen molar-refractivity contribution in [2.24, 2.45) is 5.92 Å². The predicted molar refractivity (Wildman–Crippen MR) is 53.9 cm³/mol. The van der Waals surface area contributed by atoms with E-state index >= 15 is 0 Å². The predicted octanol–water partition coefficient (Wildman–Crippen LogP) is 2.16. The van der Waals surface area contributed by atoms with Crippen LogP contribution < -0.4 is 0 Å². The van der Waals surface area contributed by atoms with Crippen molar-refractivity contribution < 1.29 is 5.11 Å². The first-order chi connectivity index (χ1) is 6.25. The zero-order chi connectivity index (χ0) is 9.26. The van der Waals surface area contributed by atoms with E-state index in [1.54, 1.807) is 11.3 Å². The fourth-order valence-corrected chi connectivity index (χ4v) is 2.86. The molecule has 2 rings (SSSR count). The summed E-state index contributed by atoms with van der Waals surface area (Å²) in [4.78, 5) is 5.59. The SMILES string of the molecule is Cc1cnc(C[C@@H]2CCC[C@H]2O)s1. The molecule has 0 spiro atoms. The minimum atomic E-state index is -0.0794. The van der Waals surface area contributed by atoms with Crippen molar-refractivity contribution in [3.05, 3.63) is 16.1 Å². The lowest BCUT2D eigenvalue weighted by molar-refractivity contribution is 0.132. The zero-order valence-electron chi connectivity index (χ0n) is 7.86. The third-order valence-electron chi connectivity index (χ3n) is 2.72. The molecule has 1 aliphatic carbocycles. The van der Waals surface area contributed by atoms with Crippen molar-refractivity contribution in [1.29, 1.82) is 0 Å². The molecule has 0 amide bonds. The molecule has 0 aromatic carbocycles. The summed E-state index contributed by atoms with van der Waals surface area (Å²) < 4.78 is 0. The van der Waals surface area contributed by atoms with Crippen LogP contribution in [0.1, 0.15) is 29.1 Å². The van der Waals surface area contributed by atoms with Crippen molar-refractivity contribution in [2.75, 3.05) is 0 Å². The van der Waals surface area contributed by atoms with Gasteiger partial charge in [-0.15, -0.1) is 11.3 Å². The van der Waals surface area contributed by atoms with Crippen molar-refractivity contribution in [3.63, 3.8) is 0 Å². The number of aliphatic hydroxyl groups excluding tert-OH is 1. The summed E-state index contributed by atoms with van der Waals surface area (Å²) in [5, 5.41) is 10.8. The molecule has 1 aliphatic rings. The second-order valence-electron chi connectivity index (χ2n) is 3.83. The maximum atomic E-state index is 9.63. The molecule has 0 aliphatic heterocycles. The normalized spacial score (nSPS) is 28.2. The number of hydrogen-bond acceptors (Lipinski definition) is 3. The summed E-state index contributed by atoms with van der Waals surface area (Å²) in [7, 11) is 0. The molecule has 3 heteroatoms. The van der Waals surface area contributed by atoms with Crippen LogP contribution in [-0.2, 0) is 6.42 Å². The van der Waals surface area contributed by atoms with Crippen LogP contribution in [0.15, 0.2) is 6.20 Å². The zero-order valence-corrected chi connectivity index (χ0v) is 8.68. The highest BCUT2D eigenvalue weighted by Crippen LogP contribution is 2.29. The van der Waals surface area contributed by atoms with Crippen LogP contribution >= 0.6 is 11.3 Å². The van der Waals surface area contributed by atoms with E-state index in [1.807, 2.05) is 6.20 Å². The quantitative estimate of drug-likeness (QED) is 0.788. The number of aromatic nitrogens is 1. The molecule has 1 N–H and O–H groups in total. The van der Waals surface area contributed by atoms with Crippen LogP contribution in [0, 0.1) is 12.8 Å². The molecule has 1 fully saturated rings. The average molecular weight is 197 g/mol. The number of hydrogen-bond donors (Lipinski definition) is 1. The van der Waals surface area contributed by atoms with Crippen LogP contribution in [0.5, 0.6) is 0 Å². The minimum Gasteiger partial charge on any atom is -0.393 e. The van der Waals surface area contributed by atoms with Crippen molar-refractivity contribution in [3.8, 4) is 0 Å². The van der Waals surface area contributed by atoms with Crippen molar-refractivity contribution in [1.82, 2.24) is 4.98 Å². The Morgan fingerprint density at radius 2 is 2.46 bits per heavy atom. The number of aliphatic hydroxyl groups is 1. The highest BCUT2D eigenvalue weighted by Gasteiger charge is 2.25. The highest BCUT2D eigenvalue weighted by molar-refractivity contribution is 7.11. The van der Waals surface area contributed by atoms with Crippen molar-refractivity contribution in [2.45, 2.75) is 38.7 Å². The maximum Gasteiger partial charge on any atom is 0.0931 e. The van der Waals surface area contributed by atoms with E-state index < -0.39 is 0 Å². The summed E-state index contributed by atoms with van der Waals surface area (Å²) >= 11 is 1.75. The lowest BCUT2D eigenvalue weighted by atomic mass is 10.0. The summed E-state index contributed by atoms with van der Waals surface area (Å²) in [5.74, 6) is 0.463. The smallest absolute Gasteiger partial charge is 0.0931 e. The van der Waals surface area contributed by atoms with E-state index in [1.165, 1.54) is 22.7 Å². The Morgan fingerprint density at radius 1 is 1.62 bits per heavy atom. The molecule has 0 radical (unpaired) electrons. The van der Waals surface area contributed by atoms with Gasteiger partial charge in [0.2, 0.25) is 0 Å². The third kappa shape index (κ3) is 2.09. The molecule has 1 aromatic rings. The van der Waals surface area contributed by atoms with Crippen LogP contribution in [0.2, 0.25) is 0 Å². The molecule has 0 bridgehead atoms. The van der Waals surface area contributed by atoms with Gasteiger partial charge in [-0.05, 0) is 25.7 Å².